The zero-order valence-corrected chi connectivity index (χ0v) is 11.9. The summed E-state index contributed by atoms with van der Waals surface area (Å²) in [6, 6.07) is 7.76. The van der Waals surface area contributed by atoms with E-state index in [1.165, 1.54) is 11.3 Å². The molecule has 1 aromatic carbocycles. The lowest BCUT2D eigenvalue weighted by atomic mass is 10.3. The summed E-state index contributed by atoms with van der Waals surface area (Å²) in [5, 5.41) is 8.62. The van der Waals surface area contributed by atoms with Crippen LogP contribution in [0, 0.1) is 0 Å². The number of benzene rings is 1. The molecule has 4 rings (SSSR count). The Labute approximate surface area is 123 Å². The number of thiazole rings is 1. The van der Waals surface area contributed by atoms with Gasteiger partial charge in [-0.15, -0.1) is 10.2 Å². The lowest BCUT2D eigenvalue weighted by molar-refractivity contribution is 0.601. The number of para-hydroxylation sites is 1. The summed E-state index contributed by atoms with van der Waals surface area (Å²) in [6.07, 6.45) is 0.925. The van der Waals surface area contributed by atoms with E-state index in [0.29, 0.717) is 17.5 Å². The van der Waals surface area contributed by atoms with Gasteiger partial charge in [-0.1, -0.05) is 23.5 Å². The summed E-state index contributed by atoms with van der Waals surface area (Å²) in [7, 11) is 0. The molecule has 0 fully saturated rings. The van der Waals surface area contributed by atoms with Gasteiger partial charge in [0.05, 0.1) is 10.2 Å². The molecule has 0 radical (unpaired) electrons. The Morgan fingerprint density at radius 3 is 2.81 bits per heavy atom. The molecule has 3 aromatic rings. The van der Waals surface area contributed by atoms with Gasteiger partial charge in [-0.2, -0.15) is 0 Å². The molecule has 8 heteroatoms. The van der Waals surface area contributed by atoms with E-state index in [9.17, 15) is 4.79 Å². The number of anilines is 1. The largest absolute Gasteiger partial charge is 0.382 e. The summed E-state index contributed by atoms with van der Waals surface area (Å²) in [4.78, 5) is 16.5. The zero-order chi connectivity index (χ0) is 14.4. The predicted molar refractivity (Wildman–Crippen MR) is 81.5 cm³/mol. The highest BCUT2D eigenvalue weighted by molar-refractivity contribution is 7.21. The maximum atomic E-state index is 12.2. The minimum Gasteiger partial charge on any atom is -0.382 e. The highest BCUT2D eigenvalue weighted by atomic mass is 32.1. The first-order valence-corrected chi connectivity index (χ1v) is 7.42. The van der Waals surface area contributed by atoms with Crippen molar-refractivity contribution in [3.05, 3.63) is 34.6 Å². The fraction of sp³-hybridized carbons (Fsp3) is 0.231. The normalized spacial score (nSPS) is 14.3. The third-order valence-corrected chi connectivity index (χ3v) is 4.43. The molecule has 3 heterocycles. The molecule has 0 atom stereocenters. The van der Waals surface area contributed by atoms with E-state index < -0.39 is 0 Å². The van der Waals surface area contributed by atoms with Gasteiger partial charge in [-0.05, 0) is 18.6 Å². The maximum absolute atomic E-state index is 12.2. The number of rotatable bonds is 2. The number of aromatic nitrogens is 3. The van der Waals surface area contributed by atoms with Crippen LogP contribution in [-0.2, 0) is 13.1 Å². The van der Waals surface area contributed by atoms with Crippen LogP contribution in [0.5, 0.6) is 0 Å². The van der Waals surface area contributed by atoms with Crippen molar-refractivity contribution in [2.75, 3.05) is 5.73 Å². The van der Waals surface area contributed by atoms with Crippen LogP contribution in [-0.4, -0.2) is 14.3 Å². The molecule has 0 amide bonds. The Morgan fingerprint density at radius 2 is 2.00 bits per heavy atom. The first-order chi connectivity index (χ1) is 10.2. The van der Waals surface area contributed by atoms with Crippen molar-refractivity contribution in [1.29, 1.82) is 0 Å². The van der Waals surface area contributed by atoms with Crippen molar-refractivity contribution in [1.82, 2.24) is 14.3 Å². The first kappa shape index (κ1) is 12.3. The van der Waals surface area contributed by atoms with Crippen molar-refractivity contribution in [2.45, 2.75) is 19.5 Å². The molecule has 0 saturated carbocycles. The van der Waals surface area contributed by atoms with Crippen LogP contribution < -0.4 is 11.3 Å². The van der Waals surface area contributed by atoms with Crippen molar-refractivity contribution < 1.29 is 0 Å². The minimum atomic E-state index is -0.185. The molecule has 0 saturated heterocycles. The molecule has 0 spiro atoms. The second kappa shape index (κ2) is 4.52. The summed E-state index contributed by atoms with van der Waals surface area (Å²) < 4.78 is 4.41. The van der Waals surface area contributed by atoms with Crippen LogP contribution >= 0.6 is 11.3 Å². The van der Waals surface area contributed by atoms with Gasteiger partial charge in [0.25, 0.3) is 5.56 Å². The molecule has 0 bridgehead atoms. The maximum Gasteiger partial charge on any atom is 0.296 e. The number of nitrogens with zero attached hydrogens (tertiary/aromatic N) is 5. The van der Waals surface area contributed by atoms with E-state index in [2.05, 4.69) is 15.2 Å². The van der Waals surface area contributed by atoms with Crippen molar-refractivity contribution in [2.24, 2.45) is 10.2 Å². The zero-order valence-electron chi connectivity index (χ0n) is 11.1. The Hall–Kier alpha value is -2.48. The van der Waals surface area contributed by atoms with Gasteiger partial charge in [0.1, 0.15) is 0 Å². The molecule has 106 valence electrons. The smallest absolute Gasteiger partial charge is 0.296 e. The van der Waals surface area contributed by atoms with Gasteiger partial charge in [0, 0.05) is 13.1 Å². The number of fused-ring (bicyclic) bond motifs is 2. The Kier molecular flexibility index (Phi) is 2.64. The molecule has 7 nitrogen and oxygen atoms in total. The Bertz CT molecular complexity index is 886. The number of hydrogen-bond donors (Lipinski definition) is 1. The second-order valence-corrected chi connectivity index (χ2v) is 5.81. The number of azo groups is 1. The van der Waals surface area contributed by atoms with Gasteiger partial charge in [-0.3, -0.25) is 9.48 Å². The van der Waals surface area contributed by atoms with Crippen LogP contribution in [0.4, 0.5) is 16.6 Å². The molecule has 0 aliphatic carbocycles. The van der Waals surface area contributed by atoms with E-state index >= 15 is 0 Å². The molecule has 1 aliphatic heterocycles. The Morgan fingerprint density at radius 1 is 1.19 bits per heavy atom. The van der Waals surface area contributed by atoms with Crippen LogP contribution in [0.3, 0.4) is 0 Å². The van der Waals surface area contributed by atoms with E-state index in [-0.39, 0.29) is 11.2 Å². The Balaban J connectivity index is 1.74. The number of hydrogen-bond acceptors (Lipinski definition) is 6. The van der Waals surface area contributed by atoms with E-state index in [1.54, 1.807) is 9.36 Å². The molecule has 21 heavy (non-hydrogen) atoms. The SMILES string of the molecule is Nc1c(N=Nc2nc3ccccc3s2)c(=O)n2n1CCC2. The fourth-order valence-corrected chi connectivity index (χ4v) is 3.30. The van der Waals surface area contributed by atoms with E-state index in [0.717, 1.165) is 23.2 Å². The van der Waals surface area contributed by atoms with Crippen LogP contribution in [0.25, 0.3) is 10.2 Å². The second-order valence-electron chi connectivity index (χ2n) is 4.80. The number of nitrogen functional groups attached to an aromatic ring is 1. The quantitative estimate of drug-likeness (QED) is 0.738. The standard InChI is InChI=1S/C13H12N6OS/c14-11-10(12(20)19-7-3-6-18(11)19)16-17-13-15-8-4-1-2-5-9(8)21-13/h1-2,4-5H,3,6-7,14H2. The van der Waals surface area contributed by atoms with E-state index in [1.807, 2.05) is 24.3 Å². The molecule has 1 aliphatic rings. The average molecular weight is 300 g/mol. The fourth-order valence-electron chi connectivity index (χ4n) is 2.52. The highest BCUT2D eigenvalue weighted by Crippen LogP contribution is 2.30. The molecule has 2 aromatic heterocycles. The summed E-state index contributed by atoms with van der Waals surface area (Å²) in [6.45, 7) is 1.43. The lowest BCUT2D eigenvalue weighted by Gasteiger charge is -1.98. The van der Waals surface area contributed by atoms with Crippen LogP contribution in [0.2, 0.25) is 0 Å². The first-order valence-electron chi connectivity index (χ1n) is 6.60. The van der Waals surface area contributed by atoms with Gasteiger partial charge in [0.2, 0.25) is 5.13 Å². The lowest BCUT2D eigenvalue weighted by Crippen LogP contribution is -2.16. The van der Waals surface area contributed by atoms with Crippen LogP contribution in [0.1, 0.15) is 6.42 Å². The topological polar surface area (TPSA) is 90.6 Å². The van der Waals surface area contributed by atoms with Gasteiger partial charge >= 0.3 is 0 Å². The highest BCUT2D eigenvalue weighted by Gasteiger charge is 2.21. The summed E-state index contributed by atoms with van der Waals surface area (Å²) in [5.74, 6) is 0.377. The number of nitrogens with two attached hydrogens (primary N) is 1. The summed E-state index contributed by atoms with van der Waals surface area (Å²) >= 11 is 1.43. The monoisotopic (exact) mass is 300 g/mol. The summed E-state index contributed by atoms with van der Waals surface area (Å²) in [5.41, 5.74) is 6.86. The van der Waals surface area contributed by atoms with Crippen LogP contribution in [0.15, 0.2) is 39.3 Å². The van der Waals surface area contributed by atoms with Crippen molar-refractivity contribution in [3.63, 3.8) is 0 Å². The van der Waals surface area contributed by atoms with Gasteiger partial charge in [-0.25, -0.2) is 9.67 Å². The predicted octanol–water partition coefficient (Wildman–Crippen LogP) is 2.66. The van der Waals surface area contributed by atoms with E-state index in [4.69, 9.17) is 5.73 Å². The minimum absolute atomic E-state index is 0.185. The molecule has 0 unspecified atom stereocenters. The van der Waals surface area contributed by atoms with Gasteiger partial charge in [0.15, 0.2) is 11.5 Å². The molecular weight excluding hydrogens is 288 g/mol. The van der Waals surface area contributed by atoms with Gasteiger partial charge < -0.3 is 5.73 Å². The third kappa shape index (κ3) is 1.87. The third-order valence-electron chi connectivity index (χ3n) is 3.51. The average Bonchev–Trinajstić information content (AvgIpc) is 3.16. The molecule has 2 N–H and O–H groups in total. The van der Waals surface area contributed by atoms with Crippen molar-refractivity contribution >= 4 is 38.2 Å². The molecular formula is C13H12N6OS. The van der Waals surface area contributed by atoms with Crippen molar-refractivity contribution in [3.8, 4) is 0 Å².